The van der Waals surface area contributed by atoms with Gasteiger partial charge in [-0.05, 0) is 47.5 Å². The van der Waals surface area contributed by atoms with Gasteiger partial charge in [-0.2, -0.15) is 0 Å². The summed E-state index contributed by atoms with van der Waals surface area (Å²) in [6.07, 6.45) is 0. The molecule has 0 aliphatic carbocycles. The molecule has 2 rings (SSSR count). The SMILES string of the molecule is CCOc1ccccc1CNc1cccc(C)c1Br. The lowest BCUT2D eigenvalue weighted by Gasteiger charge is -2.13. The van der Waals surface area contributed by atoms with Crippen LogP contribution in [-0.2, 0) is 6.54 Å². The maximum atomic E-state index is 5.63. The van der Waals surface area contributed by atoms with E-state index in [9.17, 15) is 0 Å². The van der Waals surface area contributed by atoms with Gasteiger partial charge >= 0.3 is 0 Å². The summed E-state index contributed by atoms with van der Waals surface area (Å²) >= 11 is 3.61. The van der Waals surface area contributed by atoms with E-state index < -0.39 is 0 Å². The van der Waals surface area contributed by atoms with Crippen LogP contribution in [0.5, 0.6) is 5.75 Å². The molecule has 0 spiro atoms. The molecule has 0 amide bonds. The van der Waals surface area contributed by atoms with Crippen LogP contribution in [0.3, 0.4) is 0 Å². The smallest absolute Gasteiger partial charge is 0.124 e. The van der Waals surface area contributed by atoms with Crippen molar-refractivity contribution in [1.29, 1.82) is 0 Å². The van der Waals surface area contributed by atoms with E-state index in [0.717, 1.165) is 28.0 Å². The zero-order valence-corrected chi connectivity index (χ0v) is 12.8. The van der Waals surface area contributed by atoms with E-state index in [2.05, 4.69) is 52.4 Å². The molecule has 0 heterocycles. The fourth-order valence-electron chi connectivity index (χ4n) is 1.92. The number of hydrogen-bond acceptors (Lipinski definition) is 2. The van der Waals surface area contributed by atoms with Gasteiger partial charge in [0.15, 0.2) is 0 Å². The summed E-state index contributed by atoms with van der Waals surface area (Å²) in [5, 5.41) is 3.44. The number of halogens is 1. The Morgan fingerprint density at radius 3 is 2.68 bits per heavy atom. The third-order valence-electron chi connectivity index (χ3n) is 2.93. The molecule has 3 heteroatoms. The molecule has 2 aromatic carbocycles. The van der Waals surface area contributed by atoms with Gasteiger partial charge in [-0.15, -0.1) is 0 Å². The van der Waals surface area contributed by atoms with Gasteiger partial charge in [0, 0.05) is 22.3 Å². The topological polar surface area (TPSA) is 21.3 Å². The lowest BCUT2D eigenvalue weighted by Crippen LogP contribution is -2.03. The first-order valence-corrected chi connectivity index (χ1v) is 7.21. The predicted molar refractivity (Wildman–Crippen MR) is 83.8 cm³/mol. The first kappa shape index (κ1) is 13.9. The van der Waals surface area contributed by atoms with Crippen LogP contribution < -0.4 is 10.1 Å². The Bertz CT molecular complexity index is 554. The third kappa shape index (κ3) is 3.51. The van der Waals surface area contributed by atoms with Gasteiger partial charge in [-0.1, -0.05) is 30.3 Å². The third-order valence-corrected chi connectivity index (χ3v) is 3.99. The van der Waals surface area contributed by atoms with Gasteiger partial charge in [-0.3, -0.25) is 0 Å². The Morgan fingerprint density at radius 1 is 1.11 bits per heavy atom. The number of benzene rings is 2. The summed E-state index contributed by atoms with van der Waals surface area (Å²) in [7, 11) is 0. The van der Waals surface area contributed by atoms with Crippen LogP contribution in [0, 0.1) is 6.92 Å². The number of nitrogens with one attached hydrogen (secondary N) is 1. The quantitative estimate of drug-likeness (QED) is 0.857. The summed E-state index contributed by atoms with van der Waals surface area (Å²) in [6, 6.07) is 14.3. The highest BCUT2D eigenvalue weighted by Crippen LogP contribution is 2.27. The van der Waals surface area contributed by atoms with E-state index in [0.29, 0.717) is 6.61 Å². The van der Waals surface area contributed by atoms with Crippen molar-refractivity contribution in [3.05, 3.63) is 58.1 Å². The lowest BCUT2D eigenvalue weighted by molar-refractivity contribution is 0.337. The number of anilines is 1. The highest BCUT2D eigenvalue weighted by atomic mass is 79.9. The molecule has 0 saturated carbocycles. The highest BCUT2D eigenvalue weighted by molar-refractivity contribution is 9.10. The largest absolute Gasteiger partial charge is 0.494 e. The number of para-hydroxylation sites is 1. The van der Waals surface area contributed by atoms with Crippen LogP contribution >= 0.6 is 15.9 Å². The van der Waals surface area contributed by atoms with Gasteiger partial charge in [0.2, 0.25) is 0 Å². The van der Waals surface area contributed by atoms with E-state index in [4.69, 9.17) is 4.74 Å². The number of aryl methyl sites for hydroxylation is 1. The molecule has 0 radical (unpaired) electrons. The minimum absolute atomic E-state index is 0.686. The average molecular weight is 320 g/mol. The Labute approximate surface area is 122 Å². The van der Waals surface area contributed by atoms with Crippen LogP contribution in [0.2, 0.25) is 0 Å². The summed E-state index contributed by atoms with van der Waals surface area (Å²) in [4.78, 5) is 0. The van der Waals surface area contributed by atoms with Crippen molar-refractivity contribution in [3.63, 3.8) is 0 Å². The molecule has 0 unspecified atom stereocenters. The van der Waals surface area contributed by atoms with E-state index >= 15 is 0 Å². The van der Waals surface area contributed by atoms with Crippen molar-refractivity contribution in [1.82, 2.24) is 0 Å². The van der Waals surface area contributed by atoms with Crippen LogP contribution in [-0.4, -0.2) is 6.61 Å². The molecule has 0 aromatic heterocycles. The Hall–Kier alpha value is -1.48. The molecule has 0 fully saturated rings. The second-order valence-corrected chi connectivity index (χ2v) is 5.12. The molecule has 1 N–H and O–H groups in total. The summed E-state index contributed by atoms with van der Waals surface area (Å²) < 4.78 is 6.74. The summed E-state index contributed by atoms with van der Waals surface area (Å²) in [5.74, 6) is 0.946. The van der Waals surface area contributed by atoms with Crippen molar-refractivity contribution in [2.24, 2.45) is 0 Å². The molecular formula is C16H18BrNO. The molecule has 0 aliphatic rings. The first-order valence-electron chi connectivity index (χ1n) is 6.42. The van der Waals surface area contributed by atoms with Crippen LogP contribution in [0.4, 0.5) is 5.69 Å². The monoisotopic (exact) mass is 319 g/mol. The van der Waals surface area contributed by atoms with Gasteiger partial charge in [0.25, 0.3) is 0 Å². The Kier molecular flexibility index (Phi) is 4.86. The van der Waals surface area contributed by atoms with E-state index in [-0.39, 0.29) is 0 Å². The number of ether oxygens (including phenoxy) is 1. The minimum atomic E-state index is 0.686. The first-order chi connectivity index (χ1) is 9.22. The van der Waals surface area contributed by atoms with Crippen LogP contribution in [0.15, 0.2) is 46.9 Å². The van der Waals surface area contributed by atoms with Gasteiger partial charge in [-0.25, -0.2) is 0 Å². The van der Waals surface area contributed by atoms with Crippen molar-refractivity contribution < 1.29 is 4.74 Å². The summed E-state index contributed by atoms with van der Waals surface area (Å²) in [6.45, 7) is 5.52. The molecule has 2 aromatic rings. The average Bonchev–Trinajstić information content (AvgIpc) is 2.42. The van der Waals surface area contributed by atoms with Gasteiger partial charge in [0.1, 0.15) is 5.75 Å². The Balaban J connectivity index is 2.12. The second-order valence-electron chi connectivity index (χ2n) is 4.33. The fourth-order valence-corrected chi connectivity index (χ4v) is 2.33. The van der Waals surface area contributed by atoms with E-state index in [1.54, 1.807) is 0 Å². The molecule has 19 heavy (non-hydrogen) atoms. The molecule has 0 atom stereocenters. The maximum Gasteiger partial charge on any atom is 0.124 e. The number of rotatable bonds is 5. The molecule has 100 valence electrons. The maximum absolute atomic E-state index is 5.63. The zero-order valence-electron chi connectivity index (χ0n) is 11.2. The Morgan fingerprint density at radius 2 is 1.89 bits per heavy atom. The molecule has 0 aliphatic heterocycles. The predicted octanol–water partition coefficient (Wildman–Crippen LogP) is 4.77. The van der Waals surface area contributed by atoms with Gasteiger partial charge in [0.05, 0.1) is 6.61 Å². The van der Waals surface area contributed by atoms with Crippen LogP contribution in [0.1, 0.15) is 18.1 Å². The van der Waals surface area contributed by atoms with E-state index in [1.807, 2.05) is 25.1 Å². The van der Waals surface area contributed by atoms with Crippen molar-refractivity contribution in [3.8, 4) is 5.75 Å². The second kappa shape index (κ2) is 6.62. The van der Waals surface area contributed by atoms with E-state index in [1.165, 1.54) is 5.56 Å². The molecule has 0 bridgehead atoms. The van der Waals surface area contributed by atoms with Crippen molar-refractivity contribution in [2.45, 2.75) is 20.4 Å². The molecule has 2 nitrogen and oxygen atoms in total. The fraction of sp³-hybridized carbons (Fsp3) is 0.250. The van der Waals surface area contributed by atoms with Crippen molar-refractivity contribution >= 4 is 21.6 Å². The summed E-state index contributed by atoms with van der Waals surface area (Å²) in [5.41, 5.74) is 3.49. The zero-order chi connectivity index (χ0) is 13.7. The lowest BCUT2D eigenvalue weighted by atomic mass is 10.2. The van der Waals surface area contributed by atoms with Crippen LogP contribution in [0.25, 0.3) is 0 Å². The normalized spacial score (nSPS) is 10.3. The number of hydrogen-bond donors (Lipinski definition) is 1. The molecule has 0 saturated heterocycles. The standard InChI is InChI=1S/C16H18BrNO/c1-3-19-15-10-5-4-8-13(15)11-18-14-9-6-7-12(2)16(14)17/h4-10,18H,3,11H2,1-2H3. The molecular weight excluding hydrogens is 302 g/mol. The van der Waals surface area contributed by atoms with Crippen molar-refractivity contribution in [2.75, 3.05) is 11.9 Å². The highest BCUT2D eigenvalue weighted by Gasteiger charge is 2.05. The minimum Gasteiger partial charge on any atom is -0.494 e. The van der Waals surface area contributed by atoms with Gasteiger partial charge < -0.3 is 10.1 Å².